The van der Waals surface area contributed by atoms with Gasteiger partial charge in [-0.05, 0) is 30.2 Å². The number of nitrogens with zero attached hydrogens (tertiary/aromatic N) is 2. The van der Waals surface area contributed by atoms with E-state index < -0.39 is 10.0 Å². The molecule has 0 bridgehead atoms. The summed E-state index contributed by atoms with van der Waals surface area (Å²) in [6.07, 6.45) is 5.37. The molecule has 0 radical (unpaired) electrons. The molecule has 1 aromatic heterocycles. The number of rotatable bonds is 5. The second-order valence-corrected chi connectivity index (χ2v) is 8.28. The van der Waals surface area contributed by atoms with Gasteiger partial charge in [0.15, 0.2) is 0 Å². The van der Waals surface area contributed by atoms with Crippen LogP contribution in [0.3, 0.4) is 0 Å². The van der Waals surface area contributed by atoms with Crippen molar-refractivity contribution in [1.29, 1.82) is 0 Å². The second kappa shape index (κ2) is 6.31. The molecule has 7 heteroatoms. The first-order chi connectivity index (χ1) is 12.1. The minimum Gasteiger partial charge on any atom is -0.493 e. The van der Waals surface area contributed by atoms with Gasteiger partial charge >= 0.3 is 0 Å². The summed E-state index contributed by atoms with van der Waals surface area (Å²) in [4.78, 5) is 4.28. The third-order valence-electron chi connectivity index (χ3n) is 4.74. The maximum atomic E-state index is 13.3. The molecular weight excluding hydrogens is 340 g/mol. The molecule has 0 amide bonds. The van der Waals surface area contributed by atoms with Crippen molar-refractivity contribution in [2.45, 2.75) is 24.2 Å². The van der Waals surface area contributed by atoms with Gasteiger partial charge in [0.1, 0.15) is 16.4 Å². The van der Waals surface area contributed by atoms with E-state index in [4.69, 9.17) is 9.47 Å². The SMILES string of the molecule is CN(CCc1ccncc1)S(=O)(=O)c1c2c(cc3c1OCC3)OCC2. The first-order valence-electron chi connectivity index (χ1n) is 8.37. The molecule has 1 aromatic carbocycles. The number of aromatic nitrogens is 1. The molecule has 2 aliphatic rings. The molecule has 2 aromatic rings. The Kier molecular flexibility index (Phi) is 4.13. The summed E-state index contributed by atoms with van der Waals surface area (Å²) >= 11 is 0. The summed E-state index contributed by atoms with van der Waals surface area (Å²) in [5.74, 6) is 1.20. The smallest absolute Gasteiger partial charge is 0.246 e. The van der Waals surface area contributed by atoms with E-state index in [1.54, 1.807) is 19.4 Å². The number of sulfonamides is 1. The third-order valence-corrected chi connectivity index (χ3v) is 6.69. The lowest BCUT2D eigenvalue weighted by atomic mass is 10.1. The Morgan fingerprint density at radius 3 is 2.72 bits per heavy atom. The summed E-state index contributed by atoms with van der Waals surface area (Å²) in [6.45, 7) is 1.43. The summed E-state index contributed by atoms with van der Waals surface area (Å²) in [6, 6.07) is 5.73. The van der Waals surface area contributed by atoms with Crippen LogP contribution in [0.5, 0.6) is 11.5 Å². The molecule has 0 saturated carbocycles. The molecule has 2 aliphatic heterocycles. The summed E-state index contributed by atoms with van der Waals surface area (Å²) < 4.78 is 39.2. The monoisotopic (exact) mass is 360 g/mol. The van der Waals surface area contributed by atoms with Gasteiger partial charge in [0, 0.05) is 50.0 Å². The van der Waals surface area contributed by atoms with Crippen molar-refractivity contribution < 1.29 is 17.9 Å². The standard InChI is InChI=1S/C18H20N2O4S/c1-20(9-4-13-2-7-19-8-3-13)25(21,22)18-15-6-11-23-16(15)12-14-5-10-24-17(14)18/h2-3,7-8,12H,4-6,9-11H2,1H3. The van der Waals surface area contributed by atoms with Crippen molar-refractivity contribution >= 4 is 10.0 Å². The van der Waals surface area contributed by atoms with E-state index >= 15 is 0 Å². The van der Waals surface area contributed by atoms with E-state index in [9.17, 15) is 8.42 Å². The zero-order valence-electron chi connectivity index (χ0n) is 14.1. The van der Waals surface area contributed by atoms with Gasteiger partial charge in [0.05, 0.1) is 13.2 Å². The maximum Gasteiger partial charge on any atom is 0.246 e. The molecule has 6 nitrogen and oxygen atoms in total. The van der Waals surface area contributed by atoms with Crippen LogP contribution in [0.25, 0.3) is 0 Å². The van der Waals surface area contributed by atoms with Crippen molar-refractivity contribution in [3.63, 3.8) is 0 Å². The average Bonchev–Trinajstić information content (AvgIpc) is 3.26. The van der Waals surface area contributed by atoms with Gasteiger partial charge in [-0.25, -0.2) is 12.7 Å². The Balaban J connectivity index is 1.66. The van der Waals surface area contributed by atoms with Crippen molar-refractivity contribution in [2.24, 2.45) is 0 Å². The van der Waals surface area contributed by atoms with Crippen LogP contribution in [-0.2, 0) is 29.3 Å². The lowest BCUT2D eigenvalue weighted by molar-refractivity contribution is 0.346. The van der Waals surface area contributed by atoms with Crippen LogP contribution in [0.15, 0.2) is 35.5 Å². The molecule has 0 spiro atoms. The van der Waals surface area contributed by atoms with Gasteiger partial charge in [0.25, 0.3) is 0 Å². The molecule has 0 N–H and O–H groups in total. The lowest BCUT2D eigenvalue weighted by Gasteiger charge is -2.20. The van der Waals surface area contributed by atoms with Crippen LogP contribution in [0.4, 0.5) is 0 Å². The van der Waals surface area contributed by atoms with Crippen LogP contribution < -0.4 is 9.47 Å². The van der Waals surface area contributed by atoms with Crippen LogP contribution >= 0.6 is 0 Å². The van der Waals surface area contributed by atoms with Crippen LogP contribution in [0.2, 0.25) is 0 Å². The topological polar surface area (TPSA) is 68.7 Å². The highest BCUT2D eigenvalue weighted by atomic mass is 32.2. The minimum absolute atomic E-state index is 0.298. The largest absolute Gasteiger partial charge is 0.493 e. The van der Waals surface area contributed by atoms with Crippen molar-refractivity contribution in [1.82, 2.24) is 9.29 Å². The average molecular weight is 360 g/mol. The zero-order chi connectivity index (χ0) is 17.4. The van der Waals surface area contributed by atoms with E-state index in [0.29, 0.717) is 49.0 Å². The molecule has 0 saturated heterocycles. The molecule has 0 aliphatic carbocycles. The Bertz CT molecular complexity index is 865. The molecule has 132 valence electrons. The van der Waals surface area contributed by atoms with E-state index in [1.165, 1.54) is 4.31 Å². The first kappa shape index (κ1) is 16.4. The Hall–Kier alpha value is -2.12. The quantitative estimate of drug-likeness (QED) is 0.813. The van der Waals surface area contributed by atoms with Gasteiger partial charge in [-0.1, -0.05) is 0 Å². The maximum absolute atomic E-state index is 13.3. The van der Waals surface area contributed by atoms with Crippen LogP contribution in [0.1, 0.15) is 16.7 Å². The minimum atomic E-state index is -3.65. The molecule has 4 rings (SSSR count). The van der Waals surface area contributed by atoms with E-state index in [0.717, 1.165) is 23.1 Å². The number of likely N-dealkylation sites (N-methyl/N-ethyl adjacent to an activating group) is 1. The van der Waals surface area contributed by atoms with Gasteiger partial charge in [-0.3, -0.25) is 4.98 Å². The molecule has 0 unspecified atom stereocenters. The highest BCUT2D eigenvalue weighted by Gasteiger charge is 2.35. The molecular formula is C18H20N2O4S. The van der Waals surface area contributed by atoms with Crippen molar-refractivity contribution in [3.8, 4) is 11.5 Å². The number of fused-ring (bicyclic) bond motifs is 2. The van der Waals surface area contributed by atoms with E-state index in [2.05, 4.69) is 4.98 Å². The zero-order valence-corrected chi connectivity index (χ0v) is 14.9. The molecule has 0 fully saturated rings. The summed E-state index contributed by atoms with van der Waals surface area (Å²) in [5, 5.41) is 0. The number of benzene rings is 1. The fourth-order valence-corrected chi connectivity index (χ4v) is 4.91. The van der Waals surface area contributed by atoms with Crippen LogP contribution in [-0.4, -0.2) is 44.5 Å². The number of hydrogen-bond donors (Lipinski definition) is 0. The molecule has 0 atom stereocenters. The summed E-state index contributed by atoms with van der Waals surface area (Å²) in [5.41, 5.74) is 2.72. The first-order valence-corrected chi connectivity index (χ1v) is 9.81. The van der Waals surface area contributed by atoms with Gasteiger partial charge in [-0.15, -0.1) is 0 Å². The number of pyridine rings is 1. The predicted molar refractivity (Wildman–Crippen MR) is 92.6 cm³/mol. The Morgan fingerprint density at radius 2 is 1.92 bits per heavy atom. The lowest BCUT2D eigenvalue weighted by Crippen LogP contribution is -2.30. The normalized spacial score (nSPS) is 15.6. The fourth-order valence-electron chi connectivity index (χ4n) is 3.33. The van der Waals surface area contributed by atoms with E-state index in [-0.39, 0.29) is 0 Å². The molecule has 25 heavy (non-hydrogen) atoms. The Labute approximate surface area is 147 Å². The number of ether oxygens (including phenoxy) is 2. The third kappa shape index (κ3) is 2.87. The highest BCUT2D eigenvalue weighted by molar-refractivity contribution is 7.89. The molecule has 3 heterocycles. The van der Waals surface area contributed by atoms with Crippen molar-refractivity contribution in [3.05, 3.63) is 47.3 Å². The predicted octanol–water partition coefficient (Wildman–Crippen LogP) is 1.81. The fraction of sp³-hybridized carbons (Fsp3) is 0.389. The second-order valence-electron chi connectivity index (χ2n) is 6.30. The Morgan fingerprint density at radius 1 is 1.16 bits per heavy atom. The number of hydrogen-bond acceptors (Lipinski definition) is 5. The van der Waals surface area contributed by atoms with Gasteiger partial charge < -0.3 is 9.47 Å². The van der Waals surface area contributed by atoms with Crippen LogP contribution in [0, 0.1) is 0 Å². The summed E-state index contributed by atoms with van der Waals surface area (Å²) in [7, 11) is -2.03. The highest BCUT2D eigenvalue weighted by Crippen LogP contribution is 2.43. The van der Waals surface area contributed by atoms with Crippen molar-refractivity contribution in [2.75, 3.05) is 26.8 Å². The van der Waals surface area contributed by atoms with E-state index in [1.807, 2.05) is 18.2 Å². The van der Waals surface area contributed by atoms with Gasteiger partial charge in [0.2, 0.25) is 10.0 Å². The van der Waals surface area contributed by atoms with Gasteiger partial charge in [-0.2, -0.15) is 0 Å².